The zero-order chi connectivity index (χ0) is 9.94. The van der Waals surface area contributed by atoms with Crippen molar-refractivity contribution >= 4 is 0 Å². The molecule has 0 spiro atoms. The fraction of sp³-hybridized carbons (Fsp3) is 0.556. The maximum atomic E-state index is 4.93. The van der Waals surface area contributed by atoms with E-state index in [1.807, 2.05) is 12.3 Å². The van der Waals surface area contributed by atoms with Crippen LogP contribution >= 0.6 is 0 Å². The monoisotopic (exact) mass is 297 g/mol. The van der Waals surface area contributed by atoms with E-state index in [1.54, 1.807) is 7.05 Å². The van der Waals surface area contributed by atoms with Crippen molar-refractivity contribution in [1.29, 1.82) is 0 Å². The first-order valence-corrected chi connectivity index (χ1v) is 6.71. The van der Waals surface area contributed by atoms with Gasteiger partial charge in [0.15, 0.2) is 0 Å². The molecule has 0 bridgehead atoms. The van der Waals surface area contributed by atoms with Gasteiger partial charge in [-0.05, 0) is 0 Å². The number of halogens is 1. The fourth-order valence-electron chi connectivity index (χ4n) is 0.542. The van der Waals surface area contributed by atoms with Crippen molar-refractivity contribution in [3.8, 4) is 0 Å². The van der Waals surface area contributed by atoms with Crippen LogP contribution in [0.3, 0.4) is 0 Å². The molecule has 0 aliphatic carbocycles. The Labute approximate surface area is 90.8 Å². The topological polar surface area (TPSA) is 33.3 Å². The SMILES string of the molecule is C=CC(C)[I-]/C=C/NCCONC. The van der Waals surface area contributed by atoms with Gasteiger partial charge in [0.25, 0.3) is 0 Å². The van der Waals surface area contributed by atoms with Gasteiger partial charge < -0.3 is 0 Å². The zero-order valence-corrected chi connectivity index (χ0v) is 10.4. The van der Waals surface area contributed by atoms with Gasteiger partial charge in [-0.15, -0.1) is 0 Å². The van der Waals surface area contributed by atoms with Crippen molar-refractivity contribution in [3.05, 3.63) is 22.9 Å². The van der Waals surface area contributed by atoms with Crippen LogP contribution in [0.1, 0.15) is 6.92 Å². The van der Waals surface area contributed by atoms with E-state index in [2.05, 4.69) is 28.4 Å². The van der Waals surface area contributed by atoms with Gasteiger partial charge in [-0.25, -0.2) is 0 Å². The zero-order valence-electron chi connectivity index (χ0n) is 8.22. The second kappa shape index (κ2) is 10.0. The fourth-order valence-corrected chi connectivity index (χ4v) is 1.95. The second-order valence-corrected chi connectivity index (χ2v) is 5.74. The quantitative estimate of drug-likeness (QED) is 0.176. The summed E-state index contributed by atoms with van der Waals surface area (Å²) in [5, 5.41) is 3.15. The predicted molar refractivity (Wildman–Crippen MR) is 51.8 cm³/mol. The Morgan fingerprint density at radius 2 is 2.38 bits per heavy atom. The van der Waals surface area contributed by atoms with E-state index in [0.29, 0.717) is 10.5 Å². The number of allylic oxidation sites excluding steroid dienone is 1. The van der Waals surface area contributed by atoms with Gasteiger partial charge in [0.1, 0.15) is 0 Å². The van der Waals surface area contributed by atoms with E-state index < -0.39 is 0 Å². The van der Waals surface area contributed by atoms with E-state index in [9.17, 15) is 0 Å². The Balaban J connectivity index is 3.16. The number of rotatable bonds is 8. The summed E-state index contributed by atoms with van der Waals surface area (Å²) in [4.78, 5) is 4.93. The molecule has 0 aliphatic rings. The van der Waals surface area contributed by atoms with E-state index in [-0.39, 0.29) is 21.2 Å². The third kappa shape index (κ3) is 9.85. The molecule has 1 unspecified atom stereocenters. The van der Waals surface area contributed by atoms with Crippen LogP contribution in [-0.4, -0.2) is 24.1 Å². The molecule has 0 heterocycles. The molecule has 78 valence electrons. The number of hydroxylamine groups is 1. The van der Waals surface area contributed by atoms with Crippen LogP contribution in [0.4, 0.5) is 0 Å². The van der Waals surface area contributed by atoms with E-state index in [4.69, 9.17) is 4.84 Å². The van der Waals surface area contributed by atoms with Gasteiger partial charge in [0, 0.05) is 0 Å². The van der Waals surface area contributed by atoms with Crippen LogP contribution in [0.25, 0.3) is 0 Å². The Bertz CT molecular complexity index is 151. The molecule has 0 rings (SSSR count). The molecule has 13 heavy (non-hydrogen) atoms. The first-order chi connectivity index (χ1) is 6.31. The summed E-state index contributed by atoms with van der Waals surface area (Å²) in [6.45, 7) is 7.45. The van der Waals surface area contributed by atoms with Crippen molar-refractivity contribution in [2.75, 3.05) is 20.2 Å². The van der Waals surface area contributed by atoms with Gasteiger partial charge in [-0.3, -0.25) is 0 Å². The summed E-state index contributed by atoms with van der Waals surface area (Å²) < 4.78 is 2.87. The van der Waals surface area contributed by atoms with Gasteiger partial charge in [0.2, 0.25) is 0 Å². The molecular weight excluding hydrogens is 279 g/mol. The molecule has 0 fully saturated rings. The minimum absolute atomic E-state index is 0.118. The number of hydrogen-bond acceptors (Lipinski definition) is 3. The van der Waals surface area contributed by atoms with Crippen molar-refractivity contribution in [1.82, 2.24) is 10.8 Å². The molecule has 4 heteroatoms. The van der Waals surface area contributed by atoms with Gasteiger partial charge in [-0.1, -0.05) is 0 Å². The van der Waals surface area contributed by atoms with Crippen molar-refractivity contribution in [2.45, 2.75) is 10.8 Å². The molecule has 0 aliphatic heterocycles. The molecule has 0 saturated heterocycles. The van der Waals surface area contributed by atoms with Crippen LogP contribution in [-0.2, 0) is 4.84 Å². The van der Waals surface area contributed by atoms with Gasteiger partial charge >= 0.3 is 90.8 Å². The summed E-state index contributed by atoms with van der Waals surface area (Å²) in [6, 6.07) is 0. The Kier molecular flexibility index (Phi) is 9.96. The first-order valence-electron chi connectivity index (χ1n) is 4.22. The van der Waals surface area contributed by atoms with Crippen molar-refractivity contribution < 1.29 is 26.0 Å². The molecule has 0 radical (unpaired) electrons. The van der Waals surface area contributed by atoms with Gasteiger partial charge in [-0.2, -0.15) is 0 Å². The van der Waals surface area contributed by atoms with Crippen molar-refractivity contribution in [2.24, 2.45) is 0 Å². The molecule has 0 aromatic carbocycles. The van der Waals surface area contributed by atoms with Crippen LogP contribution in [0.2, 0.25) is 0 Å². The second-order valence-electron chi connectivity index (χ2n) is 2.34. The first kappa shape index (κ1) is 12.9. The van der Waals surface area contributed by atoms with E-state index in [1.165, 1.54) is 0 Å². The maximum absolute atomic E-state index is 4.93. The molecule has 0 amide bonds. The summed E-state index contributed by atoms with van der Waals surface area (Å²) in [6.07, 6.45) is 4.01. The standard InChI is InChI=1S/C9H18IN2O/c1-4-9(2)10-5-6-12-7-8-13-11-3/h4-6,9,11-12H,1,7-8H2,2-3H3/q-1/b6-5+. The van der Waals surface area contributed by atoms with Crippen LogP contribution in [0, 0.1) is 0 Å². The number of nitrogens with one attached hydrogen (secondary N) is 2. The summed E-state index contributed by atoms with van der Waals surface area (Å²) in [7, 11) is 1.76. The summed E-state index contributed by atoms with van der Waals surface area (Å²) in [5.41, 5.74) is 2.62. The average molecular weight is 297 g/mol. The average Bonchev–Trinajstić information content (AvgIpc) is 2.16. The number of hydrogen-bond donors (Lipinski definition) is 2. The van der Waals surface area contributed by atoms with Gasteiger partial charge in [0.05, 0.1) is 0 Å². The Morgan fingerprint density at radius 3 is 3.00 bits per heavy atom. The van der Waals surface area contributed by atoms with E-state index in [0.717, 1.165) is 6.54 Å². The van der Waals surface area contributed by atoms with Crippen LogP contribution in [0.15, 0.2) is 22.9 Å². The van der Waals surface area contributed by atoms with E-state index >= 15 is 0 Å². The molecule has 3 nitrogen and oxygen atoms in total. The molecule has 0 saturated carbocycles. The predicted octanol–water partition coefficient (Wildman–Crippen LogP) is -2.14. The Hall–Kier alpha value is -0.0700. The number of alkyl halides is 1. The third-order valence-electron chi connectivity index (χ3n) is 1.27. The molecular formula is C9H18IN2O-. The van der Waals surface area contributed by atoms with Crippen LogP contribution in [0.5, 0.6) is 0 Å². The molecule has 0 aromatic heterocycles. The minimum atomic E-state index is 0.118. The summed E-state index contributed by atoms with van der Waals surface area (Å²) >= 11 is 0.118. The summed E-state index contributed by atoms with van der Waals surface area (Å²) in [5.74, 6) is 0. The Morgan fingerprint density at radius 1 is 1.62 bits per heavy atom. The molecule has 0 aromatic rings. The normalized spacial score (nSPS) is 13.4. The molecule has 1 atom stereocenters. The van der Waals surface area contributed by atoms with Crippen molar-refractivity contribution in [3.63, 3.8) is 0 Å². The van der Waals surface area contributed by atoms with Crippen LogP contribution < -0.4 is 32.0 Å². The third-order valence-corrected chi connectivity index (χ3v) is 3.69. The molecule has 2 N–H and O–H groups in total.